The van der Waals surface area contributed by atoms with E-state index in [0.717, 1.165) is 11.1 Å². The summed E-state index contributed by atoms with van der Waals surface area (Å²) in [7, 11) is 3.08. The molecule has 0 aliphatic heterocycles. The van der Waals surface area contributed by atoms with Gasteiger partial charge in [0.25, 0.3) is 0 Å². The molecule has 5 nitrogen and oxygen atoms in total. The van der Waals surface area contributed by atoms with Crippen molar-refractivity contribution < 1.29 is 35.8 Å². The number of anilines is 1. The van der Waals surface area contributed by atoms with Gasteiger partial charge in [-0.15, -0.1) is 0 Å². The summed E-state index contributed by atoms with van der Waals surface area (Å²) < 4.78 is 86.0. The number of ether oxygens (including phenoxy) is 2. The summed E-state index contributed by atoms with van der Waals surface area (Å²) in [5.74, 6) is -0.372. The number of pyridine rings is 2. The molecule has 0 spiro atoms. The first-order valence-corrected chi connectivity index (χ1v) is 14.2. The summed E-state index contributed by atoms with van der Waals surface area (Å²) in [4.78, 5) is 7.86. The van der Waals surface area contributed by atoms with Crippen molar-refractivity contribution in [2.75, 3.05) is 20.0 Å². The molecule has 42 heavy (non-hydrogen) atoms. The lowest BCUT2D eigenvalue weighted by atomic mass is 9.81. The number of nitrogens with zero attached hydrogens (tertiary/aromatic N) is 2. The van der Waals surface area contributed by atoms with Crippen LogP contribution in [0, 0.1) is 23.7 Å². The lowest BCUT2D eigenvalue weighted by molar-refractivity contribution is -0.183. The normalized spacial score (nSPS) is 23.5. The lowest BCUT2D eigenvalue weighted by Crippen LogP contribution is -2.27. The van der Waals surface area contributed by atoms with E-state index in [1.165, 1.54) is 19.5 Å². The van der Waals surface area contributed by atoms with Crippen LogP contribution in [0.1, 0.15) is 62.5 Å². The minimum absolute atomic E-state index is 0.167. The molecule has 2 aliphatic rings. The molecule has 232 valence electrons. The molecule has 12 heteroatoms. The van der Waals surface area contributed by atoms with Crippen molar-refractivity contribution in [2.24, 2.45) is 23.7 Å². The van der Waals surface area contributed by atoms with E-state index in [9.17, 15) is 26.3 Å². The van der Waals surface area contributed by atoms with Crippen molar-refractivity contribution in [3.8, 4) is 11.5 Å². The molecule has 2 aromatic heterocycles. The Hall–Kier alpha value is -2.95. The molecule has 0 bridgehead atoms. The third-order valence-electron chi connectivity index (χ3n) is 7.79. The van der Waals surface area contributed by atoms with Crippen LogP contribution in [-0.2, 0) is 0 Å². The van der Waals surface area contributed by atoms with Crippen LogP contribution in [0.3, 0.4) is 0 Å². The maximum absolute atomic E-state index is 12.6. The van der Waals surface area contributed by atoms with Crippen molar-refractivity contribution in [2.45, 2.75) is 63.7 Å². The largest absolute Gasteiger partial charge is 0.495 e. The van der Waals surface area contributed by atoms with Gasteiger partial charge in [-0.05, 0) is 75.3 Å². The highest BCUT2D eigenvalue weighted by atomic mass is 35.5. The number of aromatic nitrogens is 2. The van der Waals surface area contributed by atoms with E-state index in [2.05, 4.69) is 9.97 Å². The van der Waals surface area contributed by atoms with E-state index in [1.807, 2.05) is 24.3 Å². The maximum Gasteiger partial charge on any atom is 0.391 e. The van der Waals surface area contributed by atoms with Gasteiger partial charge >= 0.3 is 12.4 Å². The Kier molecular flexibility index (Phi) is 12.0. The zero-order chi connectivity index (χ0) is 30.9. The third-order valence-corrected chi connectivity index (χ3v) is 7.99. The molecular formula is C30H36ClF6N3O2. The lowest BCUT2D eigenvalue weighted by Gasteiger charge is -2.28. The third kappa shape index (κ3) is 10.1. The molecule has 2 fully saturated rings. The molecule has 0 radical (unpaired) electrons. The minimum Gasteiger partial charge on any atom is -0.495 e. The number of halogens is 7. The Morgan fingerprint density at radius 1 is 0.714 bits per heavy atom. The molecule has 0 saturated heterocycles. The van der Waals surface area contributed by atoms with Crippen LogP contribution in [0.15, 0.2) is 36.7 Å². The Morgan fingerprint density at radius 2 is 1.12 bits per heavy atom. The summed E-state index contributed by atoms with van der Waals surface area (Å²) in [6, 6.07) is 3.37. The van der Waals surface area contributed by atoms with Crippen LogP contribution >= 0.6 is 11.6 Å². The van der Waals surface area contributed by atoms with Gasteiger partial charge in [-0.2, -0.15) is 26.3 Å². The number of hydrogen-bond donors (Lipinski definition) is 1. The summed E-state index contributed by atoms with van der Waals surface area (Å²) in [6.07, 6.45) is 5.59. The van der Waals surface area contributed by atoms with Gasteiger partial charge in [0, 0.05) is 11.1 Å². The Bertz CT molecular complexity index is 1110. The second-order valence-corrected chi connectivity index (χ2v) is 11.0. The maximum atomic E-state index is 12.6. The highest BCUT2D eigenvalue weighted by Gasteiger charge is 2.41. The van der Waals surface area contributed by atoms with Crippen LogP contribution in [0.4, 0.5) is 32.2 Å². The average molecular weight is 620 g/mol. The van der Waals surface area contributed by atoms with E-state index < -0.39 is 24.2 Å². The summed E-state index contributed by atoms with van der Waals surface area (Å²) >= 11 is 5.84. The quantitative estimate of drug-likeness (QED) is 0.258. The fourth-order valence-electron chi connectivity index (χ4n) is 5.27. The van der Waals surface area contributed by atoms with E-state index in [0.29, 0.717) is 48.2 Å². The van der Waals surface area contributed by atoms with Gasteiger partial charge in [-0.3, -0.25) is 0 Å². The fraction of sp³-hybridized carbons (Fsp3) is 0.533. The second-order valence-electron chi connectivity index (χ2n) is 10.6. The van der Waals surface area contributed by atoms with Crippen LogP contribution in [0.25, 0.3) is 12.2 Å². The molecule has 0 atom stereocenters. The SMILES string of the molecule is COc1cnc(Cl)cc1/C=C/C1CCC(C(F)(F)F)CC1.COc1cnc(N)cc1/C=C/C1CCC(C(F)(F)F)CC1. The predicted molar refractivity (Wildman–Crippen MR) is 152 cm³/mol. The molecule has 2 aliphatic carbocycles. The number of hydrogen-bond acceptors (Lipinski definition) is 5. The molecule has 2 saturated carbocycles. The summed E-state index contributed by atoms with van der Waals surface area (Å²) in [5.41, 5.74) is 7.21. The molecular weight excluding hydrogens is 584 g/mol. The number of allylic oxidation sites excluding steroid dienone is 2. The minimum atomic E-state index is -4.06. The number of nitrogens with two attached hydrogens (primary N) is 1. The van der Waals surface area contributed by atoms with Gasteiger partial charge < -0.3 is 15.2 Å². The highest BCUT2D eigenvalue weighted by Crippen LogP contribution is 2.41. The van der Waals surface area contributed by atoms with E-state index >= 15 is 0 Å². The van der Waals surface area contributed by atoms with E-state index in [-0.39, 0.29) is 37.5 Å². The predicted octanol–water partition coefficient (Wildman–Crippen LogP) is 9.18. The van der Waals surface area contributed by atoms with Crippen LogP contribution in [0.5, 0.6) is 11.5 Å². The molecule has 0 unspecified atom stereocenters. The zero-order valence-electron chi connectivity index (χ0n) is 23.5. The van der Waals surface area contributed by atoms with Crippen molar-refractivity contribution >= 4 is 29.6 Å². The zero-order valence-corrected chi connectivity index (χ0v) is 24.3. The van der Waals surface area contributed by atoms with Gasteiger partial charge in [0.2, 0.25) is 0 Å². The van der Waals surface area contributed by atoms with Crippen molar-refractivity contribution in [3.63, 3.8) is 0 Å². The van der Waals surface area contributed by atoms with Gasteiger partial charge in [-0.25, -0.2) is 9.97 Å². The summed E-state index contributed by atoms with van der Waals surface area (Å²) in [6.45, 7) is 0. The number of nitrogen functional groups attached to an aromatic ring is 1. The van der Waals surface area contributed by atoms with Gasteiger partial charge in [0.1, 0.15) is 22.5 Å². The molecule has 0 aromatic carbocycles. The first kappa shape index (κ1) is 33.6. The molecule has 0 amide bonds. The number of alkyl halides is 6. The van der Waals surface area contributed by atoms with Crippen molar-refractivity contribution in [1.82, 2.24) is 9.97 Å². The Balaban J connectivity index is 0.000000230. The van der Waals surface area contributed by atoms with E-state index in [1.54, 1.807) is 19.2 Å². The standard InChI is InChI=1S/C15H17ClF3NO.C15H19F3N2O/c1-21-13-9-20-14(16)8-11(13)5-2-10-3-6-12(7-4-10)15(17,18)19;1-21-13-9-20-14(19)8-11(13)5-2-10-3-6-12(7-4-10)15(16,17)18/h2,5,8-10,12H,3-4,6-7H2,1H3;2,5,8-10,12H,3-4,6-7H2,1H3,(H2,19,20)/b2*5-2+. The highest BCUT2D eigenvalue weighted by molar-refractivity contribution is 6.29. The number of methoxy groups -OCH3 is 2. The smallest absolute Gasteiger partial charge is 0.391 e. The Labute approximate surface area is 247 Å². The van der Waals surface area contributed by atoms with Crippen LogP contribution in [-0.4, -0.2) is 36.5 Å². The van der Waals surface area contributed by atoms with Gasteiger partial charge in [-0.1, -0.05) is 35.9 Å². The van der Waals surface area contributed by atoms with Crippen LogP contribution < -0.4 is 15.2 Å². The average Bonchev–Trinajstić information content (AvgIpc) is 2.95. The molecule has 2 aromatic rings. The van der Waals surface area contributed by atoms with Crippen molar-refractivity contribution in [1.29, 1.82) is 0 Å². The van der Waals surface area contributed by atoms with Crippen molar-refractivity contribution in [3.05, 3.63) is 53.0 Å². The molecule has 2 heterocycles. The van der Waals surface area contributed by atoms with Crippen LogP contribution in [0.2, 0.25) is 5.15 Å². The van der Waals surface area contributed by atoms with Gasteiger partial charge in [0.05, 0.1) is 38.4 Å². The molecule has 2 N–H and O–H groups in total. The fourth-order valence-corrected chi connectivity index (χ4v) is 5.43. The monoisotopic (exact) mass is 619 g/mol. The topological polar surface area (TPSA) is 70.3 Å². The summed E-state index contributed by atoms with van der Waals surface area (Å²) in [5, 5.41) is 0.358. The van der Waals surface area contributed by atoms with Gasteiger partial charge in [0.15, 0.2) is 0 Å². The first-order valence-electron chi connectivity index (χ1n) is 13.8. The molecule has 4 rings (SSSR count). The first-order chi connectivity index (χ1) is 19.8. The Morgan fingerprint density at radius 3 is 1.52 bits per heavy atom. The second kappa shape index (κ2) is 15.0. The number of rotatable bonds is 6. The van der Waals surface area contributed by atoms with E-state index in [4.69, 9.17) is 26.8 Å².